The number of thiophene rings is 1. The summed E-state index contributed by atoms with van der Waals surface area (Å²) in [6.45, 7) is 0. The van der Waals surface area contributed by atoms with E-state index >= 15 is 0 Å². The van der Waals surface area contributed by atoms with Crippen molar-refractivity contribution in [1.82, 2.24) is 0 Å². The summed E-state index contributed by atoms with van der Waals surface area (Å²) in [5.41, 5.74) is 19.1. The molecule has 0 N–H and O–H groups in total. The number of hydrogen-bond acceptors (Lipinski definition) is 3. The van der Waals surface area contributed by atoms with Crippen LogP contribution in [-0.4, -0.2) is 0 Å². The first-order valence-corrected chi connectivity index (χ1v) is 24.8. The Bertz CT molecular complexity index is 4050. The molecular formula is C67H43NOS. The number of anilines is 3. The fourth-order valence-electron chi connectivity index (χ4n) is 11.4. The molecule has 2 heterocycles. The monoisotopic (exact) mass is 909 g/mol. The Kier molecular flexibility index (Phi) is 9.33. The van der Waals surface area contributed by atoms with Gasteiger partial charge in [0, 0.05) is 53.4 Å². The van der Waals surface area contributed by atoms with E-state index < -0.39 is 5.41 Å². The van der Waals surface area contributed by atoms with Crippen LogP contribution in [0.5, 0.6) is 0 Å². The zero-order chi connectivity index (χ0) is 46.2. The summed E-state index contributed by atoms with van der Waals surface area (Å²) in [6.07, 6.45) is 0. The molecule has 0 unspecified atom stereocenters. The molecule has 2 aromatic heterocycles. The Balaban J connectivity index is 0.900. The van der Waals surface area contributed by atoms with E-state index in [2.05, 4.69) is 254 Å². The van der Waals surface area contributed by atoms with Crippen LogP contribution in [0.15, 0.2) is 265 Å². The number of rotatable bonds is 8. The van der Waals surface area contributed by atoms with Gasteiger partial charge in [0.25, 0.3) is 0 Å². The van der Waals surface area contributed by atoms with Crippen molar-refractivity contribution in [3.8, 4) is 44.5 Å². The smallest absolute Gasteiger partial charge is 0.143 e. The van der Waals surface area contributed by atoms with Gasteiger partial charge in [0.2, 0.25) is 0 Å². The minimum Gasteiger partial charge on any atom is -0.455 e. The Labute approximate surface area is 410 Å². The van der Waals surface area contributed by atoms with Crippen LogP contribution in [0.3, 0.4) is 0 Å². The quantitative estimate of drug-likeness (QED) is 0.151. The third-order valence-electron chi connectivity index (χ3n) is 14.6. The zero-order valence-electron chi connectivity index (χ0n) is 38.1. The lowest BCUT2D eigenvalue weighted by atomic mass is 9.68. The van der Waals surface area contributed by atoms with Gasteiger partial charge >= 0.3 is 0 Å². The summed E-state index contributed by atoms with van der Waals surface area (Å²) in [7, 11) is 0. The minimum absolute atomic E-state index is 0.517. The van der Waals surface area contributed by atoms with Crippen LogP contribution in [0.4, 0.5) is 17.1 Å². The second-order valence-electron chi connectivity index (χ2n) is 18.3. The highest BCUT2D eigenvalue weighted by atomic mass is 32.1. The third kappa shape index (κ3) is 6.25. The predicted octanol–water partition coefficient (Wildman–Crippen LogP) is 18.8. The molecule has 14 rings (SSSR count). The minimum atomic E-state index is -0.517. The second-order valence-corrected chi connectivity index (χ2v) is 19.4. The molecule has 328 valence electrons. The second kappa shape index (κ2) is 16.2. The molecule has 2 nitrogen and oxygen atoms in total. The van der Waals surface area contributed by atoms with Gasteiger partial charge in [0.15, 0.2) is 0 Å². The van der Waals surface area contributed by atoms with Crippen molar-refractivity contribution in [2.45, 2.75) is 5.41 Å². The molecule has 0 saturated heterocycles. The van der Waals surface area contributed by atoms with Gasteiger partial charge in [0.1, 0.15) is 11.2 Å². The normalized spacial score (nSPS) is 12.7. The molecule has 0 amide bonds. The first-order valence-electron chi connectivity index (χ1n) is 24.0. The Hall–Kier alpha value is -8.76. The molecule has 1 aliphatic carbocycles. The molecule has 0 bridgehead atoms. The topological polar surface area (TPSA) is 16.4 Å². The average molecular weight is 910 g/mol. The van der Waals surface area contributed by atoms with E-state index in [0.29, 0.717) is 0 Å². The standard InChI is InChI=1S/C67H43NOS/c1-3-15-49(16-4-1)67(50-17-5-2-6-18-50)59-24-10-7-21-58(59)65-60(67)25-14-26-61(65)68(52-40-35-46(36-41-52)48-37-42-56-55-20-9-12-28-63(55)70-64(56)43-48)51-38-33-45(34-39-51)44-29-31-47(32-30-44)53-22-13-23-57-54-19-8-11-27-62(54)69-66(53)57/h1-43H. The van der Waals surface area contributed by atoms with Gasteiger partial charge in [-0.2, -0.15) is 0 Å². The van der Waals surface area contributed by atoms with Crippen molar-refractivity contribution in [2.24, 2.45) is 0 Å². The maximum atomic E-state index is 6.42. The summed E-state index contributed by atoms with van der Waals surface area (Å²) < 4.78 is 9.04. The van der Waals surface area contributed by atoms with Gasteiger partial charge in [-0.3, -0.25) is 0 Å². The van der Waals surface area contributed by atoms with Crippen LogP contribution in [0.2, 0.25) is 0 Å². The number of hydrogen-bond donors (Lipinski definition) is 0. The molecule has 11 aromatic carbocycles. The number of fused-ring (bicyclic) bond motifs is 9. The Morgan fingerprint density at radius 3 is 1.59 bits per heavy atom. The first kappa shape index (κ1) is 40.3. The highest BCUT2D eigenvalue weighted by molar-refractivity contribution is 7.25. The van der Waals surface area contributed by atoms with E-state index in [1.807, 2.05) is 23.5 Å². The molecule has 0 aliphatic heterocycles. The van der Waals surface area contributed by atoms with E-state index in [1.165, 1.54) is 64.7 Å². The van der Waals surface area contributed by atoms with Crippen LogP contribution in [0.1, 0.15) is 22.3 Å². The number of nitrogens with zero attached hydrogens (tertiary/aromatic N) is 1. The van der Waals surface area contributed by atoms with E-state index in [9.17, 15) is 0 Å². The third-order valence-corrected chi connectivity index (χ3v) is 15.7. The lowest BCUT2D eigenvalue weighted by molar-refractivity contribution is 0.670. The molecule has 3 heteroatoms. The fraction of sp³-hybridized carbons (Fsp3) is 0.0149. The largest absolute Gasteiger partial charge is 0.455 e. The average Bonchev–Trinajstić information content (AvgIpc) is 4.11. The maximum Gasteiger partial charge on any atom is 0.143 e. The van der Waals surface area contributed by atoms with Crippen LogP contribution >= 0.6 is 11.3 Å². The summed E-state index contributed by atoms with van der Waals surface area (Å²) in [5, 5.41) is 4.91. The van der Waals surface area contributed by atoms with Crippen molar-refractivity contribution in [3.63, 3.8) is 0 Å². The molecular weight excluding hydrogens is 867 g/mol. The highest BCUT2D eigenvalue weighted by Gasteiger charge is 2.47. The summed E-state index contributed by atoms with van der Waals surface area (Å²) in [6, 6.07) is 95.5. The highest BCUT2D eigenvalue weighted by Crippen LogP contribution is 2.59. The van der Waals surface area contributed by atoms with Gasteiger partial charge in [-0.15, -0.1) is 11.3 Å². The van der Waals surface area contributed by atoms with Crippen molar-refractivity contribution in [2.75, 3.05) is 4.90 Å². The number of para-hydroxylation sites is 2. The molecule has 13 aromatic rings. The van der Waals surface area contributed by atoms with Gasteiger partial charge in [0.05, 0.1) is 11.1 Å². The molecule has 70 heavy (non-hydrogen) atoms. The Morgan fingerprint density at radius 1 is 0.343 bits per heavy atom. The van der Waals surface area contributed by atoms with Crippen molar-refractivity contribution < 1.29 is 4.42 Å². The summed E-state index contributed by atoms with van der Waals surface area (Å²) >= 11 is 1.86. The van der Waals surface area contributed by atoms with Crippen LogP contribution < -0.4 is 4.90 Å². The maximum absolute atomic E-state index is 6.42. The van der Waals surface area contributed by atoms with Crippen LogP contribution in [0, 0.1) is 0 Å². The number of furan rings is 1. The fourth-order valence-corrected chi connectivity index (χ4v) is 12.6. The molecule has 0 radical (unpaired) electrons. The van der Waals surface area contributed by atoms with Gasteiger partial charge in [-0.05, 0) is 104 Å². The van der Waals surface area contributed by atoms with E-state index in [0.717, 1.165) is 61.3 Å². The van der Waals surface area contributed by atoms with Crippen molar-refractivity contribution >= 4 is 70.5 Å². The molecule has 0 atom stereocenters. The number of benzene rings is 11. The van der Waals surface area contributed by atoms with Crippen LogP contribution in [-0.2, 0) is 5.41 Å². The van der Waals surface area contributed by atoms with Gasteiger partial charge in [-0.1, -0.05) is 212 Å². The predicted molar refractivity (Wildman–Crippen MR) is 295 cm³/mol. The van der Waals surface area contributed by atoms with Crippen molar-refractivity contribution in [1.29, 1.82) is 0 Å². The molecule has 0 saturated carbocycles. The molecule has 0 fully saturated rings. The van der Waals surface area contributed by atoms with E-state index in [-0.39, 0.29) is 0 Å². The van der Waals surface area contributed by atoms with E-state index in [4.69, 9.17) is 4.42 Å². The summed E-state index contributed by atoms with van der Waals surface area (Å²) in [4.78, 5) is 2.46. The van der Waals surface area contributed by atoms with E-state index in [1.54, 1.807) is 0 Å². The first-order chi connectivity index (χ1) is 34.7. The summed E-state index contributed by atoms with van der Waals surface area (Å²) in [5.74, 6) is 0. The lowest BCUT2D eigenvalue weighted by Gasteiger charge is -2.34. The van der Waals surface area contributed by atoms with Gasteiger partial charge < -0.3 is 9.32 Å². The molecule has 1 aliphatic rings. The zero-order valence-corrected chi connectivity index (χ0v) is 38.9. The van der Waals surface area contributed by atoms with Crippen molar-refractivity contribution in [3.05, 3.63) is 283 Å². The van der Waals surface area contributed by atoms with Crippen LogP contribution in [0.25, 0.3) is 86.6 Å². The van der Waals surface area contributed by atoms with Gasteiger partial charge in [-0.25, -0.2) is 0 Å². The Morgan fingerprint density at radius 2 is 0.857 bits per heavy atom. The SMILES string of the molecule is c1ccc(C2(c3ccccc3)c3ccccc3-c3c(N(c4ccc(-c5ccc(-c6cccc7c6oc6ccccc67)cc5)cc4)c4ccc(-c5ccc6c(c5)sc5ccccc56)cc4)cccc32)cc1. The molecule has 0 spiro atoms. The lowest BCUT2D eigenvalue weighted by Crippen LogP contribution is -2.28.